The molecule has 7 nitrogen and oxygen atoms in total. The third-order valence-corrected chi connectivity index (χ3v) is 2.65. The maximum Gasteiger partial charge on any atom is 0.286 e. The second kappa shape index (κ2) is 8.78. The van der Waals surface area contributed by atoms with E-state index >= 15 is 0 Å². The number of rotatable bonds is 8. The molecular weight excluding hydrogens is 274 g/mol. The first-order valence-corrected chi connectivity index (χ1v) is 6.87. The molecule has 7 heteroatoms. The number of hydrogen-bond donors (Lipinski definition) is 3. The third kappa shape index (κ3) is 6.60. The lowest BCUT2D eigenvalue weighted by molar-refractivity contribution is -0.124. The number of carbonyl (C=O) groups is 3. The van der Waals surface area contributed by atoms with Gasteiger partial charge in [-0.3, -0.25) is 14.4 Å². The minimum absolute atomic E-state index is 0.0463. The Labute approximate surface area is 123 Å². The monoisotopic (exact) mass is 295 g/mol. The van der Waals surface area contributed by atoms with E-state index in [1.807, 2.05) is 0 Å². The zero-order valence-corrected chi connectivity index (χ0v) is 12.3. The van der Waals surface area contributed by atoms with E-state index in [1.165, 1.54) is 6.26 Å². The molecule has 0 aliphatic carbocycles. The van der Waals surface area contributed by atoms with Crippen LogP contribution in [0.1, 0.15) is 30.8 Å². The molecule has 0 radical (unpaired) electrons. The lowest BCUT2D eigenvalue weighted by atomic mass is 10.2. The van der Waals surface area contributed by atoms with Gasteiger partial charge in [-0.15, -0.1) is 0 Å². The van der Waals surface area contributed by atoms with Crippen LogP contribution >= 0.6 is 0 Å². The standard InChI is InChI=1S/C14H21N3O4/c1-10(2)13(19)17-8-7-15-12(18)5-6-16-14(20)11-4-3-9-21-11/h3-4,9-10H,5-8H2,1-2H3,(H,15,18)(H,16,20)(H,17,19). The van der Waals surface area contributed by atoms with Crippen LogP contribution in [0.3, 0.4) is 0 Å². The summed E-state index contributed by atoms with van der Waals surface area (Å²) in [4.78, 5) is 34.3. The molecule has 0 unspecified atom stereocenters. The van der Waals surface area contributed by atoms with Gasteiger partial charge in [0.2, 0.25) is 11.8 Å². The van der Waals surface area contributed by atoms with Crippen molar-refractivity contribution in [2.45, 2.75) is 20.3 Å². The summed E-state index contributed by atoms with van der Waals surface area (Å²) in [5, 5.41) is 7.93. The van der Waals surface area contributed by atoms with Crippen LogP contribution in [0, 0.1) is 5.92 Å². The SMILES string of the molecule is CC(C)C(=O)NCCNC(=O)CCNC(=O)c1ccco1. The summed E-state index contributed by atoms with van der Waals surface area (Å²) in [6.45, 7) is 4.58. The average molecular weight is 295 g/mol. The quantitative estimate of drug-likeness (QED) is 0.600. The molecule has 1 heterocycles. The molecule has 0 aliphatic rings. The van der Waals surface area contributed by atoms with Gasteiger partial charge in [0.25, 0.3) is 5.91 Å². The van der Waals surface area contributed by atoms with E-state index in [1.54, 1.807) is 26.0 Å². The molecule has 0 bridgehead atoms. The van der Waals surface area contributed by atoms with E-state index < -0.39 is 0 Å². The van der Waals surface area contributed by atoms with E-state index in [4.69, 9.17) is 4.42 Å². The van der Waals surface area contributed by atoms with Gasteiger partial charge in [-0.25, -0.2) is 0 Å². The molecule has 0 aromatic carbocycles. The van der Waals surface area contributed by atoms with Gasteiger partial charge in [0.05, 0.1) is 6.26 Å². The van der Waals surface area contributed by atoms with Crippen LogP contribution in [0.15, 0.2) is 22.8 Å². The van der Waals surface area contributed by atoms with Crippen LogP contribution in [0.25, 0.3) is 0 Å². The fraction of sp³-hybridized carbons (Fsp3) is 0.500. The summed E-state index contributed by atoms with van der Waals surface area (Å²) in [5.41, 5.74) is 0. The Morgan fingerprint density at radius 3 is 2.43 bits per heavy atom. The second-order valence-corrected chi connectivity index (χ2v) is 4.78. The first-order valence-electron chi connectivity index (χ1n) is 6.87. The molecule has 1 aromatic rings. The van der Waals surface area contributed by atoms with Gasteiger partial charge in [-0.2, -0.15) is 0 Å². The van der Waals surface area contributed by atoms with Crippen molar-refractivity contribution in [1.82, 2.24) is 16.0 Å². The van der Waals surface area contributed by atoms with Gasteiger partial charge < -0.3 is 20.4 Å². The molecule has 3 amide bonds. The fourth-order valence-corrected chi connectivity index (χ4v) is 1.46. The molecule has 21 heavy (non-hydrogen) atoms. The highest BCUT2D eigenvalue weighted by atomic mass is 16.3. The number of furan rings is 1. The molecule has 0 fully saturated rings. The van der Waals surface area contributed by atoms with Gasteiger partial charge >= 0.3 is 0 Å². The first kappa shape index (κ1) is 16.7. The summed E-state index contributed by atoms with van der Waals surface area (Å²) in [7, 11) is 0. The second-order valence-electron chi connectivity index (χ2n) is 4.78. The lowest BCUT2D eigenvalue weighted by Crippen LogP contribution is -2.37. The molecule has 116 valence electrons. The van der Waals surface area contributed by atoms with Crippen molar-refractivity contribution < 1.29 is 18.8 Å². The Morgan fingerprint density at radius 1 is 1.10 bits per heavy atom. The molecule has 0 aliphatic heterocycles. The zero-order valence-electron chi connectivity index (χ0n) is 12.3. The molecular formula is C14H21N3O4. The van der Waals surface area contributed by atoms with Crippen LogP contribution in [-0.2, 0) is 9.59 Å². The molecule has 0 saturated heterocycles. The molecule has 3 N–H and O–H groups in total. The summed E-state index contributed by atoms with van der Waals surface area (Å²) in [5.74, 6) is -0.440. The zero-order chi connectivity index (χ0) is 15.7. The van der Waals surface area contributed by atoms with Gasteiger partial charge in [0.1, 0.15) is 0 Å². The van der Waals surface area contributed by atoms with Crippen molar-refractivity contribution in [2.24, 2.45) is 5.92 Å². The molecule has 1 aromatic heterocycles. The highest BCUT2D eigenvalue weighted by molar-refractivity contribution is 5.91. The minimum atomic E-state index is -0.350. The predicted molar refractivity (Wildman–Crippen MR) is 76.5 cm³/mol. The number of carbonyl (C=O) groups excluding carboxylic acids is 3. The Morgan fingerprint density at radius 2 is 1.81 bits per heavy atom. The summed E-state index contributed by atoms with van der Waals surface area (Å²) < 4.78 is 4.92. The third-order valence-electron chi connectivity index (χ3n) is 2.65. The molecule has 1 rings (SSSR count). The maximum absolute atomic E-state index is 11.5. The molecule has 0 saturated carbocycles. The molecule has 0 atom stereocenters. The fourth-order valence-electron chi connectivity index (χ4n) is 1.46. The van der Waals surface area contributed by atoms with Crippen molar-refractivity contribution in [1.29, 1.82) is 0 Å². The van der Waals surface area contributed by atoms with Crippen LogP contribution < -0.4 is 16.0 Å². The van der Waals surface area contributed by atoms with Crippen LogP contribution in [-0.4, -0.2) is 37.4 Å². The van der Waals surface area contributed by atoms with Crippen molar-refractivity contribution >= 4 is 17.7 Å². The van der Waals surface area contributed by atoms with Crippen molar-refractivity contribution in [2.75, 3.05) is 19.6 Å². The number of amides is 3. The minimum Gasteiger partial charge on any atom is -0.459 e. The highest BCUT2D eigenvalue weighted by Crippen LogP contribution is 1.98. The smallest absolute Gasteiger partial charge is 0.286 e. The number of hydrogen-bond acceptors (Lipinski definition) is 4. The van der Waals surface area contributed by atoms with Crippen molar-refractivity contribution in [3.63, 3.8) is 0 Å². The van der Waals surface area contributed by atoms with E-state index in [0.29, 0.717) is 13.1 Å². The van der Waals surface area contributed by atoms with Crippen LogP contribution in [0.2, 0.25) is 0 Å². The van der Waals surface area contributed by atoms with Gasteiger partial charge in [-0.05, 0) is 12.1 Å². The Balaban J connectivity index is 2.06. The van der Waals surface area contributed by atoms with Crippen LogP contribution in [0.5, 0.6) is 0 Å². The largest absolute Gasteiger partial charge is 0.459 e. The van der Waals surface area contributed by atoms with E-state index in [9.17, 15) is 14.4 Å². The Bertz CT molecular complexity index is 469. The highest BCUT2D eigenvalue weighted by Gasteiger charge is 2.09. The summed E-state index contributed by atoms with van der Waals surface area (Å²) in [6, 6.07) is 3.17. The average Bonchev–Trinajstić information content (AvgIpc) is 2.97. The van der Waals surface area contributed by atoms with Crippen molar-refractivity contribution in [3.8, 4) is 0 Å². The topological polar surface area (TPSA) is 100 Å². The molecule has 0 spiro atoms. The maximum atomic E-state index is 11.5. The number of nitrogens with one attached hydrogen (secondary N) is 3. The van der Waals surface area contributed by atoms with E-state index in [0.717, 1.165) is 0 Å². The first-order chi connectivity index (χ1) is 10.0. The predicted octanol–water partition coefficient (Wildman–Crippen LogP) is 0.288. The lowest BCUT2D eigenvalue weighted by Gasteiger charge is -2.09. The van der Waals surface area contributed by atoms with Crippen LogP contribution in [0.4, 0.5) is 0 Å². The van der Waals surface area contributed by atoms with Crippen molar-refractivity contribution in [3.05, 3.63) is 24.2 Å². The Hall–Kier alpha value is -2.31. The van der Waals surface area contributed by atoms with Gasteiger partial charge in [0.15, 0.2) is 5.76 Å². The Kier molecular flexibility index (Phi) is 7.00. The van der Waals surface area contributed by atoms with E-state index in [2.05, 4.69) is 16.0 Å². The normalized spacial score (nSPS) is 10.2. The summed E-state index contributed by atoms with van der Waals surface area (Å²) in [6.07, 6.45) is 1.58. The van der Waals surface area contributed by atoms with Gasteiger partial charge in [-0.1, -0.05) is 13.8 Å². The summed E-state index contributed by atoms with van der Waals surface area (Å²) >= 11 is 0. The van der Waals surface area contributed by atoms with E-state index in [-0.39, 0.29) is 42.4 Å². The van der Waals surface area contributed by atoms with Gasteiger partial charge in [0, 0.05) is 32.0 Å².